The molecule has 0 spiro atoms. The third-order valence-electron chi connectivity index (χ3n) is 2.86. The second-order valence-electron chi connectivity index (χ2n) is 4.51. The van der Waals surface area contributed by atoms with Crippen molar-refractivity contribution in [1.82, 2.24) is 15.5 Å². The van der Waals surface area contributed by atoms with Crippen molar-refractivity contribution in [3.63, 3.8) is 0 Å². The standard InChI is InChI=1S/C11H14N4OS2/c1-7-14-15-10(18-7)17-5-9(16)13-11(2,6-12)8-3-4-8/h8H,3-5H2,1-2H3,(H,13,16). The largest absolute Gasteiger partial charge is 0.337 e. The van der Waals surface area contributed by atoms with E-state index < -0.39 is 5.54 Å². The molecule has 1 fully saturated rings. The summed E-state index contributed by atoms with van der Waals surface area (Å²) < 4.78 is 0.785. The average molecular weight is 282 g/mol. The maximum absolute atomic E-state index is 11.8. The molecule has 1 unspecified atom stereocenters. The maximum atomic E-state index is 11.8. The summed E-state index contributed by atoms with van der Waals surface area (Å²) in [4.78, 5) is 11.8. The van der Waals surface area contributed by atoms with Gasteiger partial charge >= 0.3 is 0 Å². The summed E-state index contributed by atoms with van der Waals surface area (Å²) in [6.07, 6.45) is 2.04. The van der Waals surface area contributed by atoms with Crippen LogP contribution in [-0.2, 0) is 4.79 Å². The quantitative estimate of drug-likeness (QED) is 0.832. The predicted octanol–water partition coefficient (Wildman–Crippen LogP) is 1.75. The van der Waals surface area contributed by atoms with Crippen LogP contribution in [-0.4, -0.2) is 27.4 Å². The Kier molecular flexibility index (Phi) is 3.88. The van der Waals surface area contributed by atoms with Gasteiger partial charge in [-0.1, -0.05) is 23.1 Å². The van der Waals surface area contributed by atoms with Gasteiger partial charge < -0.3 is 5.32 Å². The fourth-order valence-electron chi connectivity index (χ4n) is 1.67. The molecule has 2 rings (SSSR count). The number of aromatic nitrogens is 2. The Morgan fingerprint density at radius 1 is 1.67 bits per heavy atom. The topological polar surface area (TPSA) is 78.7 Å². The molecule has 96 valence electrons. The van der Waals surface area contributed by atoms with E-state index in [1.165, 1.54) is 23.1 Å². The lowest BCUT2D eigenvalue weighted by molar-refractivity contribution is -0.119. The first-order valence-electron chi connectivity index (χ1n) is 5.68. The van der Waals surface area contributed by atoms with Crippen molar-refractivity contribution in [2.24, 2.45) is 5.92 Å². The van der Waals surface area contributed by atoms with Gasteiger partial charge in [-0.2, -0.15) is 5.26 Å². The van der Waals surface area contributed by atoms with Crippen LogP contribution in [0.1, 0.15) is 24.8 Å². The number of carbonyl (C=O) groups excluding carboxylic acids is 1. The van der Waals surface area contributed by atoms with E-state index in [1.54, 1.807) is 6.92 Å². The Hall–Kier alpha value is -1.13. The van der Waals surface area contributed by atoms with E-state index in [0.29, 0.717) is 5.92 Å². The first kappa shape index (κ1) is 13.3. The van der Waals surface area contributed by atoms with Crippen LogP contribution in [0, 0.1) is 24.2 Å². The van der Waals surface area contributed by atoms with Gasteiger partial charge in [0.15, 0.2) is 4.34 Å². The van der Waals surface area contributed by atoms with E-state index in [2.05, 4.69) is 21.6 Å². The van der Waals surface area contributed by atoms with Crippen LogP contribution in [0.4, 0.5) is 0 Å². The third-order valence-corrected chi connectivity index (χ3v) is 4.83. The summed E-state index contributed by atoms with van der Waals surface area (Å²) in [6, 6.07) is 2.21. The minimum Gasteiger partial charge on any atom is -0.337 e. The summed E-state index contributed by atoms with van der Waals surface area (Å²) in [5.41, 5.74) is -0.714. The van der Waals surface area contributed by atoms with Gasteiger partial charge in [-0.3, -0.25) is 4.79 Å². The van der Waals surface area contributed by atoms with Crippen molar-refractivity contribution in [2.45, 2.75) is 36.6 Å². The molecular weight excluding hydrogens is 268 g/mol. The summed E-state index contributed by atoms with van der Waals surface area (Å²) in [5.74, 6) is 0.461. The molecule has 0 bridgehead atoms. The van der Waals surface area contributed by atoms with E-state index in [0.717, 1.165) is 22.2 Å². The molecule has 5 nitrogen and oxygen atoms in total. The maximum Gasteiger partial charge on any atom is 0.231 e. The number of thioether (sulfide) groups is 1. The van der Waals surface area contributed by atoms with Gasteiger partial charge in [0.1, 0.15) is 10.5 Å². The Morgan fingerprint density at radius 3 is 2.89 bits per heavy atom. The molecule has 0 radical (unpaired) electrons. The molecule has 1 N–H and O–H groups in total. The molecule has 0 aliphatic heterocycles. The number of rotatable bonds is 5. The Balaban J connectivity index is 1.83. The Morgan fingerprint density at radius 2 is 2.39 bits per heavy atom. The highest BCUT2D eigenvalue weighted by atomic mass is 32.2. The molecule has 1 amide bonds. The van der Waals surface area contributed by atoms with Crippen molar-refractivity contribution in [3.8, 4) is 6.07 Å². The first-order valence-corrected chi connectivity index (χ1v) is 7.49. The van der Waals surface area contributed by atoms with E-state index in [4.69, 9.17) is 5.26 Å². The zero-order valence-electron chi connectivity index (χ0n) is 10.3. The second kappa shape index (κ2) is 5.24. The number of aryl methyl sites for hydroxylation is 1. The number of amides is 1. The van der Waals surface area contributed by atoms with Crippen LogP contribution in [0.3, 0.4) is 0 Å². The fraction of sp³-hybridized carbons (Fsp3) is 0.636. The monoisotopic (exact) mass is 282 g/mol. The number of hydrogen-bond acceptors (Lipinski definition) is 6. The van der Waals surface area contributed by atoms with E-state index >= 15 is 0 Å². The molecule has 1 aromatic rings. The number of nitrogens with one attached hydrogen (secondary N) is 1. The van der Waals surface area contributed by atoms with Gasteiger partial charge in [0, 0.05) is 0 Å². The lowest BCUT2D eigenvalue weighted by atomic mass is 9.98. The molecule has 1 aliphatic rings. The van der Waals surface area contributed by atoms with Crippen molar-refractivity contribution in [1.29, 1.82) is 5.26 Å². The van der Waals surface area contributed by atoms with Gasteiger partial charge in [-0.15, -0.1) is 10.2 Å². The van der Waals surface area contributed by atoms with Crippen LogP contribution in [0.15, 0.2) is 4.34 Å². The SMILES string of the molecule is Cc1nnc(SCC(=O)NC(C)(C#N)C2CC2)s1. The van der Waals surface area contributed by atoms with Crippen molar-refractivity contribution in [2.75, 3.05) is 5.75 Å². The Bertz CT molecular complexity index is 491. The lowest BCUT2D eigenvalue weighted by Gasteiger charge is -2.22. The zero-order chi connectivity index (χ0) is 13.2. The average Bonchev–Trinajstić information content (AvgIpc) is 3.11. The highest BCUT2D eigenvalue weighted by Crippen LogP contribution is 2.39. The van der Waals surface area contributed by atoms with Gasteiger partial charge in [0.25, 0.3) is 0 Å². The summed E-state index contributed by atoms with van der Waals surface area (Å²) in [6.45, 7) is 3.67. The van der Waals surface area contributed by atoms with Gasteiger partial charge in [0.05, 0.1) is 11.8 Å². The van der Waals surface area contributed by atoms with Crippen LogP contribution < -0.4 is 5.32 Å². The molecular formula is C11H14N4OS2. The van der Waals surface area contributed by atoms with Crippen molar-refractivity contribution < 1.29 is 4.79 Å². The fourth-order valence-corrected chi connectivity index (χ4v) is 3.29. The predicted molar refractivity (Wildman–Crippen MR) is 70.3 cm³/mol. The summed E-state index contributed by atoms with van der Waals surface area (Å²) in [5, 5.41) is 20.7. The first-order chi connectivity index (χ1) is 8.53. The van der Waals surface area contributed by atoms with Gasteiger partial charge in [-0.25, -0.2) is 0 Å². The van der Waals surface area contributed by atoms with E-state index in [9.17, 15) is 4.79 Å². The molecule has 7 heteroatoms. The smallest absolute Gasteiger partial charge is 0.231 e. The van der Waals surface area contributed by atoms with Gasteiger partial charge in [0.2, 0.25) is 5.91 Å². The normalized spacial score (nSPS) is 17.8. The highest BCUT2D eigenvalue weighted by Gasteiger charge is 2.42. The number of carbonyl (C=O) groups is 1. The molecule has 1 aliphatic carbocycles. The van der Waals surface area contributed by atoms with E-state index in [-0.39, 0.29) is 11.7 Å². The number of hydrogen-bond donors (Lipinski definition) is 1. The summed E-state index contributed by atoms with van der Waals surface area (Å²) >= 11 is 2.82. The molecule has 1 atom stereocenters. The van der Waals surface area contributed by atoms with Crippen molar-refractivity contribution >= 4 is 29.0 Å². The van der Waals surface area contributed by atoms with Crippen LogP contribution >= 0.6 is 23.1 Å². The highest BCUT2D eigenvalue weighted by molar-refractivity contribution is 8.01. The van der Waals surface area contributed by atoms with Crippen LogP contribution in [0.5, 0.6) is 0 Å². The Labute approximate surface area is 114 Å². The van der Waals surface area contributed by atoms with Gasteiger partial charge in [-0.05, 0) is 32.6 Å². The van der Waals surface area contributed by atoms with Crippen molar-refractivity contribution in [3.05, 3.63) is 5.01 Å². The number of nitrogens with zero attached hydrogens (tertiary/aromatic N) is 3. The molecule has 18 heavy (non-hydrogen) atoms. The third kappa shape index (κ3) is 3.21. The van der Waals surface area contributed by atoms with Crippen LogP contribution in [0.2, 0.25) is 0 Å². The second-order valence-corrected chi connectivity index (χ2v) is 6.92. The molecule has 1 saturated carbocycles. The molecule has 0 aromatic carbocycles. The molecule has 1 heterocycles. The zero-order valence-corrected chi connectivity index (χ0v) is 11.9. The van der Waals surface area contributed by atoms with Crippen LogP contribution in [0.25, 0.3) is 0 Å². The summed E-state index contributed by atoms with van der Waals surface area (Å²) in [7, 11) is 0. The molecule has 1 aromatic heterocycles. The minimum absolute atomic E-state index is 0.121. The number of nitriles is 1. The van der Waals surface area contributed by atoms with E-state index in [1.807, 2.05) is 6.92 Å². The lowest BCUT2D eigenvalue weighted by Crippen LogP contribution is -2.47. The minimum atomic E-state index is -0.714. The molecule has 0 saturated heterocycles.